The Morgan fingerprint density at radius 2 is 2.15 bits per heavy atom. The van der Waals surface area contributed by atoms with Gasteiger partial charge in [0.05, 0.1) is 12.7 Å². The van der Waals surface area contributed by atoms with Crippen LogP contribution in [0.4, 0.5) is 4.39 Å². The summed E-state index contributed by atoms with van der Waals surface area (Å²) in [6.07, 6.45) is 5.03. The third kappa shape index (κ3) is 3.49. The third-order valence-electron chi connectivity index (χ3n) is 4.06. The molecule has 3 nitrogen and oxygen atoms in total. The van der Waals surface area contributed by atoms with Crippen molar-refractivity contribution in [2.45, 2.75) is 44.7 Å². The summed E-state index contributed by atoms with van der Waals surface area (Å²) in [5, 5.41) is 12.1. The minimum Gasteiger partial charge on any atom is -0.493 e. The Hall–Kier alpha value is -1.60. The van der Waals surface area contributed by atoms with Gasteiger partial charge in [-0.15, -0.1) is 0 Å². The molecule has 0 amide bonds. The first-order valence-corrected chi connectivity index (χ1v) is 7.22. The smallest absolute Gasteiger partial charge is 0.127 e. The summed E-state index contributed by atoms with van der Waals surface area (Å²) in [6.45, 7) is 1.20. The summed E-state index contributed by atoms with van der Waals surface area (Å²) < 4.78 is 19.3. The average Bonchev–Trinajstić information content (AvgIpc) is 3.31. The first-order valence-electron chi connectivity index (χ1n) is 7.22. The molecule has 1 N–H and O–H groups in total. The Morgan fingerprint density at radius 1 is 1.35 bits per heavy atom. The van der Waals surface area contributed by atoms with E-state index in [1.165, 1.54) is 18.9 Å². The quantitative estimate of drug-likeness (QED) is 0.830. The van der Waals surface area contributed by atoms with Crippen molar-refractivity contribution in [3.8, 4) is 11.8 Å². The Labute approximate surface area is 118 Å². The van der Waals surface area contributed by atoms with E-state index in [2.05, 4.69) is 11.4 Å². The fourth-order valence-corrected chi connectivity index (χ4v) is 2.31. The van der Waals surface area contributed by atoms with Crippen LogP contribution in [-0.4, -0.2) is 12.6 Å². The third-order valence-corrected chi connectivity index (χ3v) is 4.06. The van der Waals surface area contributed by atoms with Crippen LogP contribution in [0.15, 0.2) is 18.2 Å². The minimum absolute atomic E-state index is 0.0213. The highest BCUT2D eigenvalue weighted by atomic mass is 19.1. The molecular formula is C16H19FN2O. The normalized spacial score (nSPS) is 19.4. The van der Waals surface area contributed by atoms with E-state index in [4.69, 9.17) is 10.00 Å². The van der Waals surface area contributed by atoms with Crippen LogP contribution in [0.1, 0.15) is 37.7 Å². The van der Waals surface area contributed by atoms with Crippen molar-refractivity contribution in [2.75, 3.05) is 6.61 Å². The molecular weight excluding hydrogens is 255 g/mol. The Bertz CT molecular complexity index is 530. The predicted octanol–water partition coefficient (Wildman–Crippen LogP) is 3.15. The van der Waals surface area contributed by atoms with E-state index >= 15 is 0 Å². The lowest BCUT2D eigenvalue weighted by Gasteiger charge is -2.14. The molecule has 2 aliphatic carbocycles. The molecule has 0 heterocycles. The van der Waals surface area contributed by atoms with E-state index in [0.29, 0.717) is 31.4 Å². The molecule has 1 aromatic rings. The van der Waals surface area contributed by atoms with Gasteiger partial charge >= 0.3 is 0 Å². The number of nitrogens with one attached hydrogen (secondary N) is 1. The van der Waals surface area contributed by atoms with Gasteiger partial charge in [-0.2, -0.15) is 5.26 Å². The van der Waals surface area contributed by atoms with Crippen LogP contribution in [0.25, 0.3) is 0 Å². The minimum atomic E-state index is -0.264. The van der Waals surface area contributed by atoms with E-state index < -0.39 is 0 Å². The molecule has 2 aliphatic rings. The zero-order valence-electron chi connectivity index (χ0n) is 11.5. The van der Waals surface area contributed by atoms with Crippen molar-refractivity contribution in [2.24, 2.45) is 5.41 Å². The molecule has 0 unspecified atom stereocenters. The molecule has 3 rings (SSSR count). The Balaban J connectivity index is 1.59. The van der Waals surface area contributed by atoms with E-state index in [9.17, 15) is 4.39 Å². The summed E-state index contributed by atoms with van der Waals surface area (Å²) in [7, 11) is 0. The summed E-state index contributed by atoms with van der Waals surface area (Å²) in [5.41, 5.74) is 0.935. The van der Waals surface area contributed by atoms with Gasteiger partial charge in [-0.25, -0.2) is 4.39 Å². The van der Waals surface area contributed by atoms with Crippen LogP contribution < -0.4 is 10.1 Å². The van der Waals surface area contributed by atoms with E-state index in [-0.39, 0.29) is 11.2 Å². The first kappa shape index (κ1) is 13.4. The molecule has 0 spiro atoms. The van der Waals surface area contributed by atoms with E-state index in [1.807, 2.05) is 6.07 Å². The van der Waals surface area contributed by atoms with Gasteiger partial charge in [0.2, 0.25) is 0 Å². The van der Waals surface area contributed by atoms with Crippen molar-refractivity contribution in [1.82, 2.24) is 5.32 Å². The Morgan fingerprint density at radius 3 is 2.80 bits per heavy atom. The number of hydrogen-bond donors (Lipinski definition) is 1. The van der Waals surface area contributed by atoms with Gasteiger partial charge in [-0.1, -0.05) is 0 Å². The number of halogens is 1. The van der Waals surface area contributed by atoms with Crippen molar-refractivity contribution in [1.29, 1.82) is 5.26 Å². The van der Waals surface area contributed by atoms with Crippen LogP contribution in [0.3, 0.4) is 0 Å². The standard InChI is InChI=1S/C16H19FN2O/c17-13-7-12(10-19-14-1-2-14)8-15(9-13)20-11-16(3-4-16)5-6-18/h7-9,14,19H,1-5,10-11H2. The molecule has 4 heteroatoms. The first-order chi connectivity index (χ1) is 9.69. The monoisotopic (exact) mass is 274 g/mol. The number of rotatable bonds is 7. The number of hydrogen-bond acceptors (Lipinski definition) is 3. The van der Waals surface area contributed by atoms with Gasteiger partial charge in [-0.05, 0) is 43.4 Å². The van der Waals surface area contributed by atoms with Gasteiger partial charge in [0.25, 0.3) is 0 Å². The highest BCUT2D eigenvalue weighted by Gasteiger charge is 2.43. The molecule has 2 saturated carbocycles. The van der Waals surface area contributed by atoms with Gasteiger partial charge in [0.15, 0.2) is 0 Å². The number of nitriles is 1. The van der Waals surface area contributed by atoms with Crippen molar-refractivity contribution < 1.29 is 9.13 Å². The molecule has 0 atom stereocenters. The van der Waals surface area contributed by atoms with E-state index in [0.717, 1.165) is 18.4 Å². The lowest BCUT2D eigenvalue weighted by molar-refractivity contribution is 0.236. The lowest BCUT2D eigenvalue weighted by atomic mass is 10.1. The molecule has 0 bridgehead atoms. The van der Waals surface area contributed by atoms with Crippen LogP contribution >= 0.6 is 0 Å². The van der Waals surface area contributed by atoms with Crippen LogP contribution in [0.5, 0.6) is 5.75 Å². The van der Waals surface area contributed by atoms with Gasteiger partial charge < -0.3 is 10.1 Å². The topological polar surface area (TPSA) is 45.0 Å². The molecule has 20 heavy (non-hydrogen) atoms. The SMILES string of the molecule is N#CCC1(COc2cc(F)cc(CNC3CC3)c2)CC1. The lowest BCUT2D eigenvalue weighted by Crippen LogP contribution is -2.16. The van der Waals surface area contributed by atoms with Gasteiger partial charge in [0, 0.05) is 30.5 Å². The largest absolute Gasteiger partial charge is 0.493 e. The fraction of sp³-hybridized carbons (Fsp3) is 0.562. The van der Waals surface area contributed by atoms with E-state index in [1.54, 1.807) is 6.07 Å². The molecule has 0 aliphatic heterocycles. The number of nitrogens with zero attached hydrogens (tertiary/aromatic N) is 1. The van der Waals surface area contributed by atoms with Crippen LogP contribution in [0.2, 0.25) is 0 Å². The zero-order chi connectivity index (χ0) is 14.0. The zero-order valence-corrected chi connectivity index (χ0v) is 11.5. The van der Waals surface area contributed by atoms with Crippen molar-refractivity contribution in [3.63, 3.8) is 0 Å². The molecule has 1 aromatic carbocycles. The van der Waals surface area contributed by atoms with Crippen LogP contribution in [-0.2, 0) is 6.54 Å². The average molecular weight is 274 g/mol. The molecule has 106 valence electrons. The molecule has 2 fully saturated rings. The summed E-state index contributed by atoms with van der Waals surface area (Å²) in [4.78, 5) is 0. The maximum atomic E-state index is 13.6. The number of ether oxygens (including phenoxy) is 1. The molecule has 0 radical (unpaired) electrons. The summed E-state index contributed by atoms with van der Waals surface area (Å²) in [5.74, 6) is 0.307. The second-order valence-corrected chi connectivity index (χ2v) is 6.07. The summed E-state index contributed by atoms with van der Waals surface area (Å²) in [6, 6.07) is 7.67. The number of benzene rings is 1. The molecule has 0 saturated heterocycles. The maximum absolute atomic E-state index is 13.6. The highest BCUT2D eigenvalue weighted by molar-refractivity contribution is 5.30. The molecule has 0 aromatic heterocycles. The second kappa shape index (κ2) is 5.41. The van der Waals surface area contributed by atoms with Gasteiger partial charge in [0.1, 0.15) is 11.6 Å². The second-order valence-electron chi connectivity index (χ2n) is 6.07. The van der Waals surface area contributed by atoms with Crippen molar-refractivity contribution in [3.05, 3.63) is 29.6 Å². The highest BCUT2D eigenvalue weighted by Crippen LogP contribution is 2.48. The summed E-state index contributed by atoms with van der Waals surface area (Å²) >= 11 is 0. The van der Waals surface area contributed by atoms with Gasteiger partial charge in [-0.3, -0.25) is 0 Å². The predicted molar refractivity (Wildman–Crippen MR) is 73.7 cm³/mol. The van der Waals surface area contributed by atoms with Crippen molar-refractivity contribution >= 4 is 0 Å². The van der Waals surface area contributed by atoms with Crippen LogP contribution in [0, 0.1) is 22.6 Å². The maximum Gasteiger partial charge on any atom is 0.127 e. The fourth-order valence-electron chi connectivity index (χ4n) is 2.31. The Kier molecular flexibility index (Phi) is 3.62.